The van der Waals surface area contributed by atoms with Crippen molar-refractivity contribution in [3.63, 3.8) is 0 Å². The number of ether oxygens (including phenoxy) is 3. The summed E-state index contributed by atoms with van der Waals surface area (Å²) in [7, 11) is 0. The van der Waals surface area contributed by atoms with Crippen molar-refractivity contribution in [3.05, 3.63) is 46.7 Å². The zero-order valence-electron chi connectivity index (χ0n) is 13.3. The van der Waals surface area contributed by atoms with Crippen LogP contribution in [-0.2, 0) is 9.53 Å². The van der Waals surface area contributed by atoms with Crippen molar-refractivity contribution in [2.45, 2.75) is 6.92 Å². The van der Waals surface area contributed by atoms with Gasteiger partial charge in [-0.25, -0.2) is 4.79 Å². The molecule has 7 heteroatoms. The first-order valence-corrected chi connectivity index (χ1v) is 8.45. The molecule has 1 heterocycles. The third-order valence-corrected chi connectivity index (χ3v) is 3.60. The van der Waals surface area contributed by atoms with E-state index in [0.717, 1.165) is 5.75 Å². The molecule has 0 radical (unpaired) electrons. The molecule has 128 valence electrons. The van der Waals surface area contributed by atoms with Crippen molar-refractivity contribution in [2.75, 3.05) is 26.4 Å². The Hall–Kier alpha value is -2.54. The van der Waals surface area contributed by atoms with Gasteiger partial charge in [0.1, 0.15) is 18.1 Å². The highest BCUT2D eigenvalue weighted by Gasteiger charge is 2.09. The topological polar surface area (TPSA) is 73.9 Å². The van der Waals surface area contributed by atoms with Crippen molar-refractivity contribution < 1.29 is 23.8 Å². The van der Waals surface area contributed by atoms with Crippen LogP contribution in [-0.4, -0.2) is 38.2 Å². The summed E-state index contributed by atoms with van der Waals surface area (Å²) in [6.45, 7) is 2.87. The highest BCUT2D eigenvalue weighted by Crippen LogP contribution is 2.17. The Bertz CT molecular complexity index is 640. The van der Waals surface area contributed by atoms with Crippen LogP contribution < -0.4 is 14.8 Å². The molecule has 1 aromatic carbocycles. The van der Waals surface area contributed by atoms with Gasteiger partial charge in [0.25, 0.3) is 5.91 Å². The number of esters is 1. The normalized spacial score (nSPS) is 10.0. The summed E-state index contributed by atoms with van der Waals surface area (Å²) in [4.78, 5) is 23.2. The monoisotopic (exact) mass is 349 g/mol. The Morgan fingerprint density at radius 1 is 1.08 bits per heavy atom. The van der Waals surface area contributed by atoms with Crippen LogP contribution >= 0.6 is 11.3 Å². The molecule has 6 nitrogen and oxygen atoms in total. The van der Waals surface area contributed by atoms with Gasteiger partial charge in [0.15, 0.2) is 6.61 Å². The first-order chi connectivity index (χ1) is 11.7. The minimum absolute atomic E-state index is 0.308. The van der Waals surface area contributed by atoms with Crippen LogP contribution in [0.3, 0.4) is 0 Å². The maximum atomic E-state index is 11.6. The van der Waals surface area contributed by atoms with Crippen molar-refractivity contribution in [2.24, 2.45) is 0 Å². The fourth-order valence-corrected chi connectivity index (χ4v) is 2.43. The van der Waals surface area contributed by atoms with Crippen molar-refractivity contribution >= 4 is 23.2 Å². The van der Waals surface area contributed by atoms with E-state index in [9.17, 15) is 9.59 Å². The summed E-state index contributed by atoms with van der Waals surface area (Å²) in [6, 6.07) is 8.89. The van der Waals surface area contributed by atoms with E-state index in [1.165, 1.54) is 11.3 Å². The van der Waals surface area contributed by atoms with Crippen LogP contribution in [0.25, 0.3) is 0 Å². The zero-order chi connectivity index (χ0) is 17.2. The lowest BCUT2D eigenvalue weighted by Gasteiger charge is -2.09. The molecule has 0 fully saturated rings. The second-order valence-corrected chi connectivity index (χ2v) is 5.47. The fraction of sp³-hybridized carbons (Fsp3) is 0.294. The van der Waals surface area contributed by atoms with Gasteiger partial charge in [-0.1, -0.05) is 0 Å². The number of thiophene rings is 1. The summed E-state index contributed by atoms with van der Waals surface area (Å²) in [5.41, 5.74) is 0.451. The second kappa shape index (κ2) is 9.57. The molecule has 1 amide bonds. The average molecular weight is 349 g/mol. The third-order valence-electron chi connectivity index (χ3n) is 2.92. The Balaban J connectivity index is 1.59. The molecule has 0 unspecified atom stereocenters. The van der Waals surface area contributed by atoms with Crippen LogP contribution in [0.5, 0.6) is 11.5 Å². The summed E-state index contributed by atoms with van der Waals surface area (Å²) in [5.74, 6) is 0.605. The Kier molecular flexibility index (Phi) is 7.10. The molecule has 0 aliphatic rings. The quantitative estimate of drug-likeness (QED) is 0.556. The van der Waals surface area contributed by atoms with Gasteiger partial charge in [0, 0.05) is 5.38 Å². The molecule has 0 saturated carbocycles. The number of amides is 1. The first kappa shape index (κ1) is 17.8. The highest BCUT2D eigenvalue weighted by molar-refractivity contribution is 7.08. The van der Waals surface area contributed by atoms with Gasteiger partial charge in [0.05, 0.1) is 18.7 Å². The summed E-state index contributed by atoms with van der Waals surface area (Å²) >= 11 is 1.39. The molecule has 0 spiro atoms. The number of carbonyl (C=O) groups is 2. The highest BCUT2D eigenvalue weighted by atomic mass is 32.1. The lowest BCUT2D eigenvalue weighted by Crippen LogP contribution is -2.32. The number of rotatable bonds is 9. The van der Waals surface area contributed by atoms with Crippen LogP contribution in [0.1, 0.15) is 17.3 Å². The maximum Gasteiger partial charge on any atom is 0.339 e. The standard InChI is InChI=1S/C17H19NO5S/c1-2-21-14-3-5-15(6-4-14)22-9-8-18-16(19)11-23-17(20)13-7-10-24-12-13/h3-7,10,12H,2,8-9,11H2,1H3,(H,18,19). The van der Waals surface area contributed by atoms with Gasteiger partial charge < -0.3 is 19.5 Å². The van der Waals surface area contributed by atoms with Gasteiger partial charge in [-0.05, 0) is 42.6 Å². The van der Waals surface area contributed by atoms with E-state index < -0.39 is 5.97 Å². The third kappa shape index (κ3) is 5.92. The van der Waals surface area contributed by atoms with Crippen LogP contribution in [0.15, 0.2) is 41.1 Å². The van der Waals surface area contributed by atoms with Crippen LogP contribution in [0.2, 0.25) is 0 Å². The Labute approximate surface area is 144 Å². The molecule has 2 aromatic rings. The number of hydrogen-bond acceptors (Lipinski definition) is 6. The van der Waals surface area contributed by atoms with E-state index >= 15 is 0 Å². The summed E-state index contributed by atoms with van der Waals surface area (Å²) in [6.07, 6.45) is 0. The van der Waals surface area contributed by atoms with Crippen LogP contribution in [0.4, 0.5) is 0 Å². The number of hydrogen-bond donors (Lipinski definition) is 1. The lowest BCUT2D eigenvalue weighted by atomic mass is 10.3. The molecule has 24 heavy (non-hydrogen) atoms. The molecule has 0 aliphatic carbocycles. The second-order valence-electron chi connectivity index (χ2n) is 4.69. The van der Waals surface area contributed by atoms with E-state index in [4.69, 9.17) is 14.2 Å². The first-order valence-electron chi connectivity index (χ1n) is 7.50. The molecule has 1 aromatic heterocycles. The van der Waals surface area contributed by atoms with Gasteiger partial charge in [-0.15, -0.1) is 0 Å². The van der Waals surface area contributed by atoms with Gasteiger partial charge >= 0.3 is 5.97 Å². The average Bonchev–Trinajstić information content (AvgIpc) is 3.13. The van der Waals surface area contributed by atoms with E-state index in [1.54, 1.807) is 29.0 Å². The van der Waals surface area contributed by atoms with Gasteiger partial charge in [0.2, 0.25) is 0 Å². The largest absolute Gasteiger partial charge is 0.494 e. The predicted octanol–water partition coefficient (Wildman–Crippen LogP) is 2.50. The summed E-state index contributed by atoms with van der Waals surface area (Å²) in [5, 5.41) is 6.07. The van der Waals surface area contributed by atoms with Crippen molar-refractivity contribution in [1.82, 2.24) is 5.32 Å². The molecule has 2 rings (SSSR count). The maximum absolute atomic E-state index is 11.6. The number of carbonyl (C=O) groups excluding carboxylic acids is 2. The fourth-order valence-electron chi connectivity index (χ4n) is 1.80. The van der Waals surface area contributed by atoms with Gasteiger partial charge in [-0.2, -0.15) is 11.3 Å². The van der Waals surface area contributed by atoms with Crippen LogP contribution in [0, 0.1) is 0 Å². The van der Waals surface area contributed by atoms with E-state index in [1.807, 2.05) is 19.1 Å². The molecular formula is C17H19NO5S. The molecule has 0 aliphatic heterocycles. The SMILES string of the molecule is CCOc1ccc(OCCNC(=O)COC(=O)c2ccsc2)cc1. The minimum atomic E-state index is -0.503. The van der Waals surface area contributed by atoms with Crippen molar-refractivity contribution in [1.29, 1.82) is 0 Å². The van der Waals surface area contributed by atoms with Gasteiger partial charge in [-0.3, -0.25) is 4.79 Å². The van der Waals surface area contributed by atoms with Crippen molar-refractivity contribution in [3.8, 4) is 11.5 Å². The van der Waals surface area contributed by atoms with E-state index in [-0.39, 0.29) is 12.5 Å². The number of nitrogens with one attached hydrogen (secondary N) is 1. The minimum Gasteiger partial charge on any atom is -0.494 e. The lowest BCUT2D eigenvalue weighted by molar-refractivity contribution is -0.124. The summed E-state index contributed by atoms with van der Waals surface area (Å²) < 4.78 is 15.7. The zero-order valence-corrected chi connectivity index (χ0v) is 14.1. The van der Waals surface area contributed by atoms with E-state index in [0.29, 0.717) is 31.1 Å². The Morgan fingerprint density at radius 2 is 1.79 bits per heavy atom. The molecule has 0 bridgehead atoms. The molecular weight excluding hydrogens is 330 g/mol. The smallest absolute Gasteiger partial charge is 0.339 e. The Morgan fingerprint density at radius 3 is 2.42 bits per heavy atom. The molecule has 1 N–H and O–H groups in total. The predicted molar refractivity (Wildman–Crippen MR) is 90.7 cm³/mol. The van der Waals surface area contributed by atoms with E-state index in [2.05, 4.69) is 5.32 Å². The number of benzene rings is 1. The molecule has 0 saturated heterocycles. The molecule has 0 atom stereocenters.